The molecular weight excluding hydrogens is 308 g/mol. The van der Waals surface area contributed by atoms with Gasteiger partial charge in [0, 0.05) is 17.0 Å². The molecule has 0 saturated carbocycles. The highest BCUT2D eigenvalue weighted by atomic mass is 16.3. The van der Waals surface area contributed by atoms with Crippen LogP contribution in [-0.2, 0) is 0 Å². The van der Waals surface area contributed by atoms with Crippen molar-refractivity contribution in [3.05, 3.63) is 71.9 Å². The maximum absolute atomic E-state index is 6.36. The van der Waals surface area contributed by atoms with Crippen molar-refractivity contribution in [1.82, 2.24) is 4.57 Å². The van der Waals surface area contributed by atoms with Gasteiger partial charge in [0.2, 0.25) is 5.71 Å². The Bertz CT molecular complexity index is 1270. The summed E-state index contributed by atoms with van der Waals surface area (Å²) >= 11 is 0. The molecule has 122 valence electrons. The number of fused-ring (bicyclic) bond motifs is 5. The molecular formula is C22H18N2O. The Morgan fingerprint density at radius 1 is 0.920 bits per heavy atom. The zero-order valence-electron chi connectivity index (χ0n) is 14.2. The molecule has 3 nitrogen and oxygen atoms in total. The molecule has 2 N–H and O–H groups in total. The molecule has 0 aliphatic carbocycles. The topological polar surface area (TPSA) is 44.1 Å². The molecule has 5 aromatic rings. The summed E-state index contributed by atoms with van der Waals surface area (Å²) in [4.78, 5) is 0. The molecule has 0 aliphatic rings. The Hall–Kier alpha value is -3.20. The molecule has 0 aliphatic heterocycles. The lowest BCUT2D eigenvalue weighted by Crippen LogP contribution is -2.01. The van der Waals surface area contributed by atoms with E-state index in [0.29, 0.717) is 0 Å². The van der Waals surface area contributed by atoms with Gasteiger partial charge in [0.15, 0.2) is 0 Å². The van der Waals surface area contributed by atoms with Crippen molar-refractivity contribution in [2.75, 3.05) is 5.73 Å². The fourth-order valence-electron chi connectivity index (χ4n) is 3.78. The molecule has 0 radical (unpaired) electrons. The Morgan fingerprint density at radius 2 is 1.76 bits per heavy atom. The minimum absolute atomic E-state index is 0.786. The summed E-state index contributed by atoms with van der Waals surface area (Å²) in [5, 5.41) is 4.71. The van der Waals surface area contributed by atoms with E-state index >= 15 is 0 Å². The highest BCUT2D eigenvalue weighted by Gasteiger charge is 2.16. The largest absolute Gasteiger partial charge is 0.439 e. The quantitative estimate of drug-likeness (QED) is 0.400. The Kier molecular flexibility index (Phi) is 2.78. The van der Waals surface area contributed by atoms with Crippen LogP contribution in [0, 0.1) is 13.8 Å². The van der Waals surface area contributed by atoms with Crippen molar-refractivity contribution < 1.29 is 4.42 Å². The average molecular weight is 326 g/mol. The third kappa shape index (κ3) is 1.92. The van der Waals surface area contributed by atoms with E-state index in [2.05, 4.69) is 60.0 Å². The van der Waals surface area contributed by atoms with Gasteiger partial charge in [-0.25, -0.2) is 0 Å². The average Bonchev–Trinajstić information content (AvgIpc) is 3.17. The van der Waals surface area contributed by atoms with E-state index in [1.54, 1.807) is 0 Å². The second-order valence-corrected chi connectivity index (χ2v) is 6.68. The fourth-order valence-corrected chi connectivity index (χ4v) is 3.78. The molecule has 0 unspecified atom stereocenters. The van der Waals surface area contributed by atoms with E-state index in [1.165, 1.54) is 16.3 Å². The van der Waals surface area contributed by atoms with Gasteiger partial charge in [-0.2, -0.15) is 0 Å². The number of aryl methyl sites for hydroxylation is 2. The molecule has 0 spiro atoms. The van der Waals surface area contributed by atoms with Crippen molar-refractivity contribution in [1.29, 1.82) is 0 Å². The first kappa shape index (κ1) is 14.2. The normalized spacial score (nSPS) is 11.8. The summed E-state index contributed by atoms with van der Waals surface area (Å²) in [6.45, 7) is 4.13. The summed E-state index contributed by atoms with van der Waals surface area (Å²) < 4.78 is 8.28. The number of benzene rings is 3. The van der Waals surface area contributed by atoms with Crippen LogP contribution < -0.4 is 5.73 Å². The van der Waals surface area contributed by atoms with Gasteiger partial charge in [-0.05, 0) is 53.9 Å². The molecule has 0 bridgehead atoms. The number of nitrogens with two attached hydrogens (primary N) is 1. The van der Waals surface area contributed by atoms with E-state index in [9.17, 15) is 0 Å². The van der Waals surface area contributed by atoms with Crippen molar-refractivity contribution in [2.45, 2.75) is 13.8 Å². The first-order chi connectivity index (χ1) is 12.1. The van der Waals surface area contributed by atoms with E-state index in [1.807, 2.05) is 19.2 Å². The lowest BCUT2D eigenvalue weighted by Gasteiger charge is -2.11. The number of nitrogen functional groups attached to an aromatic ring is 1. The first-order valence-electron chi connectivity index (χ1n) is 8.42. The lowest BCUT2D eigenvalue weighted by atomic mass is 10.1. The molecule has 0 fully saturated rings. The third-order valence-corrected chi connectivity index (χ3v) is 4.98. The maximum Gasteiger partial charge on any atom is 0.212 e. The predicted molar refractivity (Wildman–Crippen MR) is 104 cm³/mol. The third-order valence-electron chi connectivity index (χ3n) is 4.98. The molecule has 0 amide bonds. The summed E-state index contributed by atoms with van der Waals surface area (Å²) in [7, 11) is 0. The molecule has 2 heterocycles. The van der Waals surface area contributed by atoms with E-state index < -0.39 is 0 Å². The minimum atomic E-state index is 0.786. The lowest BCUT2D eigenvalue weighted by molar-refractivity contribution is 0.643. The number of furan rings is 1. The van der Waals surface area contributed by atoms with Crippen LogP contribution in [0.25, 0.3) is 38.5 Å². The van der Waals surface area contributed by atoms with Crippen LogP contribution in [0.3, 0.4) is 0 Å². The van der Waals surface area contributed by atoms with Crippen molar-refractivity contribution in [3.63, 3.8) is 0 Å². The summed E-state index contributed by atoms with van der Waals surface area (Å²) in [5.74, 6) is 0. The second kappa shape index (κ2) is 4.90. The van der Waals surface area contributed by atoms with Crippen LogP contribution in [-0.4, -0.2) is 4.57 Å². The van der Waals surface area contributed by atoms with Crippen LogP contribution in [0.15, 0.2) is 65.2 Å². The maximum atomic E-state index is 6.36. The number of rotatable bonds is 1. The van der Waals surface area contributed by atoms with Crippen LogP contribution in [0.5, 0.6) is 0 Å². The molecule has 0 atom stereocenters. The Labute approximate surface area is 145 Å². The number of anilines is 1. The summed E-state index contributed by atoms with van der Waals surface area (Å²) in [5.41, 5.74) is 12.1. The van der Waals surface area contributed by atoms with Crippen LogP contribution >= 0.6 is 0 Å². The smallest absolute Gasteiger partial charge is 0.212 e. The standard InChI is InChI=1S/C22H18N2O/c1-13-11-14(2)21(23)18(12-13)24-10-9-17-20-16-6-4-3-5-15(16)7-8-19(20)25-22(17)24/h3-12H,23H2,1-2H3. The fraction of sp³-hybridized carbons (Fsp3) is 0.0909. The molecule has 25 heavy (non-hydrogen) atoms. The van der Waals surface area contributed by atoms with Crippen LogP contribution in [0.4, 0.5) is 5.69 Å². The first-order valence-corrected chi connectivity index (χ1v) is 8.42. The Morgan fingerprint density at radius 3 is 2.64 bits per heavy atom. The summed E-state index contributed by atoms with van der Waals surface area (Å²) in [6.07, 6.45) is 2.04. The monoisotopic (exact) mass is 326 g/mol. The second-order valence-electron chi connectivity index (χ2n) is 6.68. The molecule has 0 saturated heterocycles. The van der Waals surface area contributed by atoms with Gasteiger partial charge in [0.05, 0.1) is 11.4 Å². The molecule has 2 aromatic heterocycles. The predicted octanol–water partition coefficient (Wildman–Crippen LogP) is 5.73. The highest BCUT2D eigenvalue weighted by Crippen LogP contribution is 2.37. The molecule has 3 aromatic carbocycles. The molecule has 3 heteroatoms. The zero-order chi connectivity index (χ0) is 17.1. The van der Waals surface area contributed by atoms with Gasteiger partial charge in [0.1, 0.15) is 5.58 Å². The molecule has 5 rings (SSSR count). The van der Waals surface area contributed by atoms with Gasteiger partial charge < -0.3 is 10.2 Å². The van der Waals surface area contributed by atoms with Gasteiger partial charge in [-0.3, -0.25) is 4.57 Å². The van der Waals surface area contributed by atoms with Gasteiger partial charge in [0.25, 0.3) is 0 Å². The van der Waals surface area contributed by atoms with Gasteiger partial charge in [-0.15, -0.1) is 0 Å². The number of hydrogen-bond donors (Lipinski definition) is 1. The zero-order valence-corrected chi connectivity index (χ0v) is 14.2. The summed E-state index contributed by atoms with van der Waals surface area (Å²) in [6, 6.07) is 18.9. The number of aromatic nitrogens is 1. The highest BCUT2D eigenvalue weighted by molar-refractivity contribution is 6.18. The van der Waals surface area contributed by atoms with E-state index in [-0.39, 0.29) is 0 Å². The van der Waals surface area contributed by atoms with E-state index in [0.717, 1.165) is 39.0 Å². The van der Waals surface area contributed by atoms with Crippen LogP contribution in [0.1, 0.15) is 11.1 Å². The van der Waals surface area contributed by atoms with E-state index in [4.69, 9.17) is 10.2 Å². The van der Waals surface area contributed by atoms with Crippen molar-refractivity contribution in [2.24, 2.45) is 0 Å². The minimum Gasteiger partial charge on any atom is -0.439 e. The van der Waals surface area contributed by atoms with Gasteiger partial charge in [-0.1, -0.05) is 36.4 Å². The van der Waals surface area contributed by atoms with Gasteiger partial charge >= 0.3 is 0 Å². The van der Waals surface area contributed by atoms with Crippen LogP contribution in [0.2, 0.25) is 0 Å². The van der Waals surface area contributed by atoms with Crippen molar-refractivity contribution in [3.8, 4) is 5.69 Å². The van der Waals surface area contributed by atoms with Crippen molar-refractivity contribution >= 4 is 38.5 Å². The number of nitrogens with zero attached hydrogens (tertiary/aromatic N) is 1. The Balaban J connectivity index is 1.90. The SMILES string of the molecule is Cc1cc(C)c(N)c(-n2ccc3c4c(ccc5ccccc54)oc32)c1. The number of hydrogen-bond acceptors (Lipinski definition) is 2.